The molecule has 2 rings (SSSR count). The summed E-state index contributed by atoms with van der Waals surface area (Å²) in [7, 11) is 3.27. The van der Waals surface area contributed by atoms with Gasteiger partial charge in [0.1, 0.15) is 0 Å². The van der Waals surface area contributed by atoms with Crippen LogP contribution in [0.25, 0.3) is 0 Å². The zero-order chi connectivity index (χ0) is 15.4. The Morgan fingerprint density at radius 1 is 1.52 bits per heavy atom. The van der Waals surface area contributed by atoms with Crippen LogP contribution >= 0.6 is 0 Å². The number of nitrogens with one attached hydrogen (secondary N) is 1. The number of carbonyl (C=O) groups is 1. The summed E-state index contributed by atoms with van der Waals surface area (Å²) in [6.45, 7) is 0.942. The van der Waals surface area contributed by atoms with Crippen LogP contribution in [0.2, 0.25) is 0 Å². The molecule has 0 atom stereocenters. The van der Waals surface area contributed by atoms with E-state index in [1.165, 1.54) is 12.1 Å². The lowest BCUT2D eigenvalue weighted by atomic mass is 10.1. The molecular weight excluding hydrogens is 274 g/mol. The summed E-state index contributed by atoms with van der Waals surface area (Å²) in [5, 5.41) is 13.8. The highest BCUT2D eigenvalue weighted by Gasteiger charge is 2.34. The van der Waals surface area contributed by atoms with Gasteiger partial charge < -0.3 is 15.0 Å². The molecule has 0 saturated heterocycles. The molecule has 1 aliphatic carbocycles. The average Bonchev–Trinajstić information content (AvgIpc) is 3.31. The molecule has 1 N–H and O–H groups in total. The van der Waals surface area contributed by atoms with Crippen LogP contribution in [0, 0.1) is 10.1 Å². The van der Waals surface area contributed by atoms with E-state index in [1.54, 1.807) is 25.1 Å². The van der Waals surface area contributed by atoms with E-state index in [0.717, 1.165) is 12.8 Å². The maximum absolute atomic E-state index is 12.7. The molecule has 0 bridgehead atoms. The van der Waals surface area contributed by atoms with Gasteiger partial charge in [-0.1, -0.05) is 0 Å². The Labute approximate surface area is 123 Å². The van der Waals surface area contributed by atoms with Gasteiger partial charge in [0.15, 0.2) is 0 Å². The van der Waals surface area contributed by atoms with E-state index >= 15 is 0 Å². The number of methoxy groups -OCH3 is 1. The number of rotatable bonds is 7. The summed E-state index contributed by atoms with van der Waals surface area (Å²) in [6.07, 6.45) is 1.94. The van der Waals surface area contributed by atoms with E-state index < -0.39 is 4.92 Å². The van der Waals surface area contributed by atoms with Gasteiger partial charge in [-0.15, -0.1) is 0 Å². The fourth-order valence-corrected chi connectivity index (χ4v) is 2.22. The van der Waals surface area contributed by atoms with Crippen molar-refractivity contribution in [2.75, 3.05) is 32.6 Å². The molecule has 1 aliphatic rings. The SMILES string of the molecule is CNc1ccc([N+](=O)[O-])cc1C(=O)N(CCOC)C1CC1. The van der Waals surface area contributed by atoms with E-state index in [4.69, 9.17) is 4.74 Å². The predicted molar refractivity (Wildman–Crippen MR) is 78.6 cm³/mol. The molecule has 0 heterocycles. The standard InChI is InChI=1S/C14H19N3O4/c1-15-13-6-5-11(17(19)20)9-12(13)14(18)16(7-8-21-2)10-3-4-10/h5-6,9-10,15H,3-4,7-8H2,1-2H3. The summed E-state index contributed by atoms with van der Waals surface area (Å²) in [4.78, 5) is 24.8. The number of ether oxygens (including phenoxy) is 1. The quantitative estimate of drug-likeness (QED) is 0.613. The summed E-state index contributed by atoms with van der Waals surface area (Å²) in [5.74, 6) is -0.192. The molecule has 0 radical (unpaired) electrons. The fourth-order valence-electron chi connectivity index (χ4n) is 2.22. The number of non-ortho nitro benzene ring substituents is 1. The molecular formula is C14H19N3O4. The number of nitrogens with zero attached hydrogens (tertiary/aromatic N) is 2. The Balaban J connectivity index is 2.30. The molecule has 1 amide bonds. The van der Waals surface area contributed by atoms with Gasteiger partial charge in [0, 0.05) is 44.6 Å². The highest BCUT2D eigenvalue weighted by molar-refractivity contribution is 6.00. The number of nitro benzene ring substituents is 1. The van der Waals surface area contributed by atoms with E-state index in [9.17, 15) is 14.9 Å². The number of hydrogen-bond acceptors (Lipinski definition) is 5. The Kier molecular flexibility index (Phi) is 4.74. The van der Waals surface area contributed by atoms with Gasteiger partial charge in [0.05, 0.1) is 17.1 Å². The fraction of sp³-hybridized carbons (Fsp3) is 0.500. The molecule has 7 nitrogen and oxygen atoms in total. The lowest BCUT2D eigenvalue weighted by Gasteiger charge is -2.23. The maximum atomic E-state index is 12.7. The minimum absolute atomic E-state index is 0.0835. The van der Waals surface area contributed by atoms with Crippen molar-refractivity contribution in [1.82, 2.24) is 4.90 Å². The zero-order valence-corrected chi connectivity index (χ0v) is 12.2. The first-order chi connectivity index (χ1) is 10.1. The summed E-state index contributed by atoms with van der Waals surface area (Å²) in [5.41, 5.74) is 0.836. The summed E-state index contributed by atoms with van der Waals surface area (Å²) < 4.78 is 5.04. The zero-order valence-electron chi connectivity index (χ0n) is 12.2. The van der Waals surface area contributed by atoms with Crippen LogP contribution in [0.5, 0.6) is 0 Å². The van der Waals surface area contributed by atoms with E-state index in [0.29, 0.717) is 24.4 Å². The molecule has 1 aromatic carbocycles. The largest absolute Gasteiger partial charge is 0.387 e. The molecule has 7 heteroatoms. The van der Waals surface area contributed by atoms with Gasteiger partial charge in [-0.2, -0.15) is 0 Å². The van der Waals surface area contributed by atoms with Crippen LogP contribution in [0.1, 0.15) is 23.2 Å². The highest BCUT2D eigenvalue weighted by atomic mass is 16.6. The van der Waals surface area contributed by atoms with Crippen LogP contribution < -0.4 is 5.32 Å². The number of benzene rings is 1. The lowest BCUT2D eigenvalue weighted by molar-refractivity contribution is -0.384. The molecule has 114 valence electrons. The van der Waals surface area contributed by atoms with Crippen molar-refractivity contribution in [1.29, 1.82) is 0 Å². The Morgan fingerprint density at radius 3 is 2.76 bits per heavy atom. The number of carbonyl (C=O) groups excluding carboxylic acids is 1. The van der Waals surface area contributed by atoms with Gasteiger partial charge in [-0.05, 0) is 18.9 Å². The Bertz CT molecular complexity index is 543. The van der Waals surface area contributed by atoms with E-state index in [2.05, 4.69) is 5.32 Å². The Morgan fingerprint density at radius 2 is 2.24 bits per heavy atom. The molecule has 21 heavy (non-hydrogen) atoms. The molecule has 0 unspecified atom stereocenters. The first kappa shape index (κ1) is 15.2. The van der Waals surface area contributed by atoms with Crippen molar-refractivity contribution in [3.63, 3.8) is 0 Å². The molecule has 1 saturated carbocycles. The van der Waals surface area contributed by atoms with Crippen molar-refractivity contribution < 1.29 is 14.5 Å². The van der Waals surface area contributed by atoms with Crippen LogP contribution in [0.4, 0.5) is 11.4 Å². The Hall–Kier alpha value is -2.15. The topological polar surface area (TPSA) is 84.7 Å². The van der Waals surface area contributed by atoms with E-state index in [1.807, 2.05) is 0 Å². The van der Waals surface area contributed by atoms with Crippen molar-refractivity contribution in [3.8, 4) is 0 Å². The number of amides is 1. The minimum atomic E-state index is -0.493. The molecule has 1 aromatic rings. The van der Waals surface area contributed by atoms with Gasteiger partial charge in [0.2, 0.25) is 0 Å². The van der Waals surface area contributed by atoms with Crippen LogP contribution in [-0.2, 0) is 4.74 Å². The summed E-state index contributed by atoms with van der Waals surface area (Å²) in [6, 6.07) is 4.50. The lowest BCUT2D eigenvalue weighted by Crippen LogP contribution is -2.36. The molecule has 0 aliphatic heterocycles. The second kappa shape index (κ2) is 6.53. The summed E-state index contributed by atoms with van der Waals surface area (Å²) >= 11 is 0. The highest BCUT2D eigenvalue weighted by Crippen LogP contribution is 2.30. The minimum Gasteiger partial charge on any atom is -0.387 e. The second-order valence-corrected chi connectivity index (χ2v) is 4.96. The monoisotopic (exact) mass is 293 g/mol. The number of anilines is 1. The number of hydrogen-bond donors (Lipinski definition) is 1. The van der Waals surface area contributed by atoms with Crippen molar-refractivity contribution in [3.05, 3.63) is 33.9 Å². The van der Waals surface area contributed by atoms with Crippen molar-refractivity contribution >= 4 is 17.3 Å². The van der Waals surface area contributed by atoms with Crippen molar-refractivity contribution in [2.45, 2.75) is 18.9 Å². The normalized spacial score (nSPS) is 13.8. The first-order valence-electron chi connectivity index (χ1n) is 6.84. The molecule has 0 aromatic heterocycles. The molecule has 0 spiro atoms. The third-order valence-corrected chi connectivity index (χ3v) is 3.50. The smallest absolute Gasteiger partial charge is 0.270 e. The van der Waals surface area contributed by atoms with Crippen LogP contribution in [0.3, 0.4) is 0 Å². The van der Waals surface area contributed by atoms with E-state index in [-0.39, 0.29) is 17.6 Å². The van der Waals surface area contributed by atoms with Gasteiger partial charge in [0.25, 0.3) is 11.6 Å². The first-order valence-corrected chi connectivity index (χ1v) is 6.84. The van der Waals surface area contributed by atoms with Crippen molar-refractivity contribution in [2.24, 2.45) is 0 Å². The average molecular weight is 293 g/mol. The maximum Gasteiger partial charge on any atom is 0.270 e. The van der Waals surface area contributed by atoms with Gasteiger partial charge in [-0.3, -0.25) is 14.9 Å². The number of nitro groups is 1. The molecule has 1 fully saturated rings. The van der Waals surface area contributed by atoms with Crippen LogP contribution in [0.15, 0.2) is 18.2 Å². The third-order valence-electron chi connectivity index (χ3n) is 3.50. The third kappa shape index (κ3) is 3.49. The van der Waals surface area contributed by atoms with Gasteiger partial charge >= 0.3 is 0 Å². The second-order valence-electron chi connectivity index (χ2n) is 4.96. The predicted octanol–water partition coefficient (Wildman–Crippen LogP) is 1.89. The van der Waals surface area contributed by atoms with Gasteiger partial charge in [-0.25, -0.2) is 0 Å². The van der Waals surface area contributed by atoms with Crippen LogP contribution in [-0.4, -0.2) is 49.1 Å².